The minimum Gasteiger partial charge on any atom is -0.497 e. The van der Waals surface area contributed by atoms with Crippen LogP contribution in [-0.4, -0.2) is 25.0 Å². The fourth-order valence-electron chi connectivity index (χ4n) is 2.01. The molecule has 0 spiro atoms. The zero-order chi connectivity index (χ0) is 14.5. The van der Waals surface area contributed by atoms with Gasteiger partial charge in [0.25, 0.3) is 5.91 Å². The molecule has 20 heavy (non-hydrogen) atoms. The maximum atomic E-state index is 12.3. The number of amides is 1. The lowest BCUT2D eigenvalue weighted by molar-refractivity contribution is 0.0784. The van der Waals surface area contributed by atoms with Crippen LogP contribution in [0.3, 0.4) is 0 Å². The van der Waals surface area contributed by atoms with Gasteiger partial charge >= 0.3 is 0 Å². The predicted octanol–water partition coefficient (Wildman–Crippen LogP) is 2.55. The number of carbonyl (C=O) groups excluding carboxylic acids is 1. The lowest BCUT2D eigenvalue weighted by Gasteiger charge is -2.18. The van der Waals surface area contributed by atoms with Gasteiger partial charge in [0.05, 0.1) is 7.11 Å². The summed E-state index contributed by atoms with van der Waals surface area (Å²) in [6.45, 7) is 0.515. The Kier molecular flexibility index (Phi) is 4.25. The van der Waals surface area contributed by atoms with Crippen LogP contribution in [-0.2, 0) is 6.54 Å². The Labute approximate surface area is 118 Å². The molecule has 2 rings (SSSR count). The van der Waals surface area contributed by atoms with Gasteiger partial charge in [-0.05, 0) is 35.9 Å². The van der Waals surface area contributed by atoms with Crippen molar-refractivity contribution in [3.8, 4) is 5.75 Å². The molecule has 104 valence electrons. The van der Waals surface area contributed by atoms with E-state index in [1.807, 2.05) is 30.3 Å². The van der Waals surface area contributed by atoms with Gasteiger partial charge in [0, 0.05) is 24.8 Å². The van der Waals surface area contributed by atoms with Gasteiger partial charge in [0.1, 0.15) is 5.75 Å². The van der Waals surface area contributed by atoms with E-state index < -0.39 is 0 Å². The fourth-order valence-corrected chi connectivity index (χ4v) is 2.01. The maximum absolute atomic E-state index is 12.3. The van der Waals surface area contributed by atoms with Crippen molar-refractivity contribution in [3.05, 3.63) is 59.7 Å². The molecule has 1 amide bonds. The summed E-state index contributed by atoms with van der Waals surface area (Å²) < 4.78 is 5.13. The van der Waals surface area contributed by atoms with Gasteiger partial charge in [0.15, 0.2) is 0 Å². The summed E-state index contributed by atoms with van der Waals surface area (Å²) in [7, 11) is 3.35. The number of rotatable bonds is 4. The van der Waals surface area contributed by atoms with Gasteiger partial charge in [-0.3, -0.25) is 4.79 Å². The van der Waals surface area contributed by atoms with Gasteiger partial charge in [-0.15, -0.1) is 0 Å². The third-order valence-corrected chi connectivity index (χ3v) is 3.03. The normalized spacial score (nSPS) is 10.1. The maximum Gasteiger partial charge on any atom is 0.254 e. The molecule has 0 aromatic heterocycles. The van der Waals surface area contributed by atoms with E-state index in [2.05, 4.69) is 0 Å². The van der Waals surface area contributed by atoms with E-state index in [1.54, 1.807) is 37.3 Å². The largest absolute Gasteiger partial charge is 0.497 e. The molecule has 0 unspecified atom stereocenters. The monoisotopic (exact) mass is 270 g/mol. The highest BCUT2D eigenvalue weighted by atomic mass is 16.5. The highest BCUT2D eigenvalue weighted by molar-refractivity contribution is 5.94. The number of nitrogen functional groups attached to an aromatic ring is 1. The smallest absolute Gasteiger partial charge is 0.254 e. The van der Waals surface area contributed by atoms with Crippen LogP contribution in [0.2, 0.25) is 0 Å². The van der Waals surface area contributed by atoms with E-state index in [1.165, 1.54) is 0 Å². The lowest BCUT2D eigenvalue weighted by Crippen LogP contribution is -2.26. The van der Waals surface area contributed by atoms with Crippen molar-refractivity contribution in [2.45, 2.75) is 6.54 Å². The lowest BCUT2D eigenvalue weighted by atomic mass is 10.1. The van der Waals surface area contributed by atoms with Gasteiger partial charge in [0.2, 0.25) is 0 Å². The summed E-state index contributed by atoms with van der Waals surface area (Å²) in [5.74, 6) is 0.625. The molecule has 0 aliphatic carbocycles. The van der Waals surface area contributed by atoms with Crippen molar-refractivity contribution < 1.29 is 9.53 Å². The fraction of sp³-hybridized carbons (Fsp3) is 0.188. The number of hydrogen-bond acceptors (Lipinski definition) is 3. The van der Waals surface area contributed by atoms with Gasteiger partial charge in [-0.1, -0.05) is 18.2 Å². The molecule has 2 aromatic rings. The Morgan fingerprint density at radius 3 is 2.65 bits per heavy atom. The second kappa shape index (κ2) is 6.10. The molecule has 0 aliphatic rings. The van der Waals surface area contributed by atoms with E-state index in [4.69, 9.17) is 10.5 Å². The molecule has 0 aliphatic heterocycles. The Bertz CT molecular complexity index is 611. The van der Waals surface area contributed by atoms with Crippen LogP contribution < -0.4 is 10.5 Å². The zero-order valence-electron chi connectivity index (χ0n) is 11.7. The summed E-state index contributed by atoms with van der Waals surface area (Å²) in [5.41, 5.74) is 8.05. The number of anilines is 1. The highest BCUT2D eigenvalue weighted by Gasteiger charge is 2.12. The van der Waals surface area contributed by atoms with E-state index in [-0.39, 0.29) is 5.91 Å². The van der Waals surface area contributed by atoms with Crippen molar-refractivity contribution in [1.82, 2.24) is 4.90 Å². The van der Waals surface area contributed by atoms with Crippen molar-refractivity contribution in [1.29, 1.82) is 0 Å². The first-order valence-corrected chi connectivity index (χ1v) is 6.34. The molecule has 2 aromatic carbocycles. The molecule has 4 heteroatoms. The second-order valence-corrected chi connectivity index (χ2v) is 4.64. The number of nitrogens with zero attached hydrogens (tertiary/aromatic N) is 1. The van der Waals surface area contributed by atoms with Crippen LogP contribution in [0.5, 0.6) is 5.75 Å². The van der Waals surface area contributed by atoms with E-state index in [0.29, 0.717) is 23.5 Å². The molecule has 4 nitrogen and oxygen atoms in total. The number of ether oxygens (including phenoxy) is 1. The summed E-state index contributed by atoms with van der Waals surface area (Å²) >= 11 is 0. The molecular weight excluding hydrogens is 252 g/mol. The number of benzene rings is 2. The molecule has 0 bridgehead atoms. The number of methoxy groups -OCH3 is 1. The molecule has 0 radical (unpaired) electrons. The predicted molar refractivity (Wildman–Crippen MR) is 79.6 cm³/mol. The Morgan fingerprint density at radius 2 is 1.95 bits per heavy atom. The standard InChI is InChI=1S/C16H18N2O2/c1-18(11-12-5-3-7-14(17)9-12)16(19)13-6-4-8-15(10-13)20-2/h3-10H,11,17H2,1-2H3. The van der Waals surface area contributed by atoms with Gasteiger partial charge < -0.3 is 15.4 Å². The number of carbonyl (C=O) groups is 1. The molecule has 0 fully saturated rings. The Hall–Kier alpha value is -2.49. The van der Waals surface area contributed by atoms with E-state index in [9.17, 15) is 4.79 Å². The van der Waals surface area contributed by atoms with E-state index >= 15 is 0 Å². The summed E-state index contributed by atoms with van der Waals surface area (Å²) in [6, 6.07) is 14.7. The molecule has 0 saturated heterocycles. The third kappa shape index (κ3) is 3.29. The first-order chi connectivity index (χ1) is 9.60. The first-order valence-electron chi connectivity index (χ1n) is 6.34. The van der Waals surface area contributed by atoms with Gasteiger partial charge in [-0.25, -0.2) is 0 Å². The van der Waals surface area contributed by atoms with Crippen LogP contribution in [0.4, 0.5) is 5.69 Å². The zero-order valence-corrected chi connectivity index (χ0v) is 11.7. The average molecular weight is 270 g/mol. The molecular formula is C16H18N2O2. The van der Waals surface area contributed by atoms with Crippen molar-refractivity contribution in [2.24, 2.45) is 0 Å². The molecule has 2 N–H and O–H groups in total. The Morgan fingerprint density at radius 1 is 1.20 bits per heavy atom. The van der Waals surface area contributed by atoms with Crippen LogP contribution in [0, 0.1) is 0 Å². The van der Waals surface area contributed by atoms with Crippen LogP contribution in [0.25, 0.3) is 0 Å². The first kappa shape index (κ1) is 13.9. The number of nitrogens with two attached hydrogens (primary N) is 1. The summed E-state index contributed by atoms with van der Waals surface area (Å²) in [6.07, 6.45) is 0. The van der Waals surface area contributed by atoms with Crippen LogP contribution in [0.1, 0.15) is 15.9 Å². The third-order valence-electron chi connectivity index (χ3n) is 3.03. The average Bonchev–Trinajstić information content (AvgIpc) is 2.46. The summed E-state index contributed by atoms with van der Waals surface area (Å²) in [4.78, 5) is 14.0. The minimum atomic E-state index is -0.0497. The van der Waals surface area contributed by atoms with Crippen molar-refractivity contribution in [2.75, 3.05) is 19.9 Å². The van der Waals surface area contributed by atoms with Crippen molar-refractivity contribution in [3.63, 3.8) is 0 Å². The van der Waals surface area contributed by atoms with Crippen LogP contribution >= 0.6 is 0 Å². The highest BCUT2D eigenvalue weighted by Crippen LogP contribution is 2.15. The second-order valence-electron chi connectivity index (χ2n) is 4.64. The molecule has 0 heterocycles. The molecule has 0 saturated carbocycles. The number of hydrogen-bond donors (Lipinski definition) is 1. The topological polar surface area (TPSA) is 55.6 Å². The summed E-state index contributed by atoms with van der Waals surface area (Å²) in [5, 5.41) is 0. The van der Waals surface area contributed by atoms with Crippen molar-refractivity contribution >= 4 is 11.6 Å². The minimum absolute atomic E-state index is 0.0497. The van der Waals surface area contributed by atoms with E-state index in [0.717, 1.165) is 5.56 Å². The SMILES string of the molecule is COc1cccc(C(=O)N(C)Cc2cccc(N)c2)c1. The quantitative estimate of drug-likeness (QED) is 0.869. The van der Waals surface area contributed by atoms with Crippen LogP contribution in [0.15, 0.2) is 48.5 Å². The Balaban J connectivity index is 2.12. The molecule has 0 atom stereocenters. The van der Waals surface area contributed by atoms with Gasteiger partial charge in [-0.2, -0.15) is 0 Å².